The van der Waals surface area contributed by atoms with Gasteiger partial charge in [-0.25, -0.2) is 4.68 Å². The van der Waals surface area contributed by atoms with Gasteiger partial charge in [0.15, 0.2) is 5.69 Å². The minimum absolute atomic E-state index is 0.216. The summed E-state index contributed by atoms with van der Waals surface area (Å²) in [6.45, 7) is 4.02. The largest absolute Gasteiger partial charge is 0.372 e. The summed E-state index contributed by atoms with van der Waals surface area (Å²) >= 11 is 0. The van der Waals surface area contributed by atoms with Gasteiger partial charge in [-0.15, -0.1) is 5.10 Å². The maximum Gasteiger partial charge on any atom is 0.271 e. The molecule has 3 rings (SSSR count). The Morgan fingerprint density at radius 1 is 1.15 bits per heavy atom. The van der Waals surface area contributed by atoms with Crippen LogP contribution in [0.5, 0.6) is 0 Å². The molecule has 20 heavy (non-hydrogen) atoms. The Balaban J connectivity index is 1.89. The lowest BCUT2D eigenvalue weighted by Gasteiger charge is -2.17. The monoisotopic (exact) mass is 271 g/mol. The summed E-state index contributed by atoms with van der Waals surface area (Å²) in [5.41, 5.74) is 8.23. The quantitative estimate of drug-likeness (QED) is 0.912. The second kappa shape index (κ2) is 4.96. The molecular weight excluding hydrogens is 254 g/mol. The van der Waals surface area contributed by atoms with Crippen molar-refractivity contribution in [3.63, 3.8) is 0 Å². The minimum Gasteiger partial charge on any atom is -0.372 e. The number of anilines is 1. The minimum atomic E-state index is -0.553. The fourth-order valence-corrected chi connectivity index (χ4v) is 2.58. The van der Waals surface area contributed by atoms with Gasteiger partial charge in [-0.3, -0.25) is 4.79 Å². The van der Waals surface area contributed by atoms with Crippen LogP contribution >= 0.6 is 0 Å². The first kappa shape index (κ1) is 12.7. The van der Waals surface area contributed by atoms with E-state index in [1.807, 2.05) is 12.1 Å². The Hall–Kier alpha value is -2.37. The van der Waals surface area contributed by atoms with E-state index in [9.17, 15) is 4.79 Å². The average Bonchev–Trinajstić information content (AvgIpc) is 3.08. The summed E-state index contributed by atoms with van der Waals surface area (Å²) in [5, 5.41) is 7.81. The molecule has 1 aromatic carbocycles. The molecule has 2 N–H and O–H groups in total. The Morgan fingerprint density at radius 2 is 1.75 bits per heavy atom. The van der Waals surface area contributed by atoms with Gasteiger partial charge in [-0.05, 0) is 44.0 Å². The van der Waals surface area contributed by atoms with Gasteiger partial charge in [-0.2, -0.15) is 0 Å². The van der Waals surface area contributed by atoms with Crippen LogP contribution in [0.15, 0.2) is 24.3 Å². The first-order chi connectivity index (χ1) is 9.66. The molecule has 6 nitrogen and oxygen atoms in total. The Morgan fingerprint density at radius 3 is 2.30 bits per heavy atom. The van der Waals surface area contributed by atoms with Crippen LogP contribution in [-0.4, -0.2) is 34.0 Å². The van der Waals surface area contributed by atoms with E-state index >= 15 is 0 Å². The highest BCUT2D eigenvalue weighted by Gasteiger charge is 2.15. The third kappa shape index (κ3) is 2.13. The first-order valence-corrected chi connectivity index (χ1v) is 6.74. The number of nitrogens with two attached hydrogens (primary N) is 1. The molecule has 1 aliphatic rings. The molecule has 0 spiro atoms. The molecule has 2 aromatic rings. The first-order valence-electron chi connectivity index (χ1n) is 6.74. The van der Waals surface area contributed by atoms with Crippen LogP contribution in [0.25, 0.3) is 5.69 Å². The van der Waals surface area contributed by atoms with E-state index in [0.29, 0.717) is 5.69 Å². The standard InChI is InChI=1S/C14H17N5O/c1-10-13(14(15)20)16-17-19(10)12-6-4-11(5-7-12)18-8-2-3-9-18/h4-7H,2-3,8-9H2,1H3,(H2,15,20). The number of benzene rings is 1. The number of aromatic nitrogens is 3. The predicted molar refractivity (Wildman–Crippen MR) is 76.1 cm³/mol. The molecule has 104 valence electrons. The molecule has 0 saturated carbocycles. The van der Waals surface area contributed by atoms with Crippen molar-refractivity contribution >= 4 is 11.6 Å². The summed E-state index contributed by atoms with van der Waals surface area (Å²) in [4.78, 5) is 13.6. The van der Waals surface area contributed by atoms with E-state index in [4.69, 9.17) is 5.73 Å². The maximum absolute atomic E-state index is 11.2. The van der Waals surface area contributed by atoms with Crippen molar-refractivity contribution in [3.8, 4) is 5.69 Å². The van der Waals surface area contributed by atoms with Crippen molar-refractivity contribution in [2.75, 3.05) is 18.0 Å². The van der Waals surface area contributed by atoms with E-state index in [2.05, 4.69) is 27.3 Å². The SMILES string of the molecule is Cc1c(C(N)=O)nnn1-c1ccc(N2CCCC2)cc1. The smallest absolute Gasteiger partial charge is 0.271 e. The van der Waals surface area contributed by atoms with Gasteiger partial charge in [0.2, 0.25) is 0 Å². The molecule has 0 atom stereocenters. The van der Waals surface area contributed by atoms with Crippen LogP contribution in [0.1, 0.15) is 29.0 Å². The van der Waals surface area contributed by atoms with Gasteiger partial charge in [0, 0.05) is 18.8 Å². The van der Waals surface area contributed by atoms with Crippen molar-refractivity contribution in [3.05, 3.63) is 35.7 Å². The average molecular weight is 271 g/mol. The molecule has 1 saturated heterocycles. The highest BCUT2D eigenvalue weighted by atomic mass is 16.1. The summed E-state index contributed by atoms with van der Waals surface area (Å²) in [6.07, 6.45) is 2.51. The summed E-state index contributed by atoms with van der Waals surface area (Å²) in [5.74, 6) is -0.553. The second-order valence-electron chi connectivity index (χ2n) is 5.01. The zero-order valence-electron chi connectivity index (χ0n) is 11.4. The van der Waals surface area contributed by atoms with Crippen LogP contribution < -0.4 is 10.6 Å². The zero-order valence-corrected chi connectivity index (χ0v) is 11.4. The van der Waals surface area contributed by atoms with E-state index in [1.165, 1.54) is 18.5 Å². The van der Waals surface area contributed by atoms with E-state index in [0.717, 1.165) is 18.8 Å². The maximum atomic E-state index is 11.2. The van der Waals surface area contributed by atoms with Gasteiger partial charge in [0.1, 0.15) is 0 Å². The highest BCUT2D eigenvalue weighted by molar-refractivity contribution is 5.91. The molecule has 1 amide bonds. The number of carbonyl (C=O) groups is 1. The van der Waals surface area contributed by atoms with Gasteiger partial charge in [0.25, 0.3) is 5.91 Å². The molecule has 0 aliphatic carbocycles. The molecule has 1 aromatic heterocycles. The molecule has 0 bridgehead atoms. The number of primary amides is 1. The van der Waals surface area contributed by atoms with Crippen molar-refractivity contribution in [2.24, 2.45) is 5.73 Å². The third-order valence-electron chi connectivity index (χ3n) is 3.69. The highest BCUT2D eigenvalue weighted by Crippen LogP contribution is 2.22. The lowest BCUT2D eigenvalue weighted by atomic mass is 10.2. The fraction of sp³-hybridized carbons (Fsp3) is 0.357. The lowest BCUT2D eigenvalue weighted by molar-refractivity contribution is 0.0995. The van der Waals surface area contributed by atoms with Crippen LogP contribution in [-0.2, 0) is 0 Å². The predicted octanol–water partition coefficient (Wildman–Crippen LogP) is 1.27. The normalized spacial score (nSPS) is 14.8. The molecular formula is C14H17N5O. The fourth-order valence-electron chi connectivity index (χ4n) is 2.58. The topological polar surface area (TPSA) is 77.0 Å². The van der Waals surface area contributed by atoms with Crippen molar-refractivity contribution in [2.45, 2.75) is 19.8 Å². The molecule has 1 aliphatic heterocycles. The van der Waals surface area contributed by atoms with Gasteiger partial charge in [-0.1, -0.05) is 5.21 Å². The molecule has 0 radical (unpaired) electrons. The van der Waals surface area contributed by atoms with E-state index in [-0.39, 0.29) is 5.69 Å². The summed E-state index contributed by atoms with van der Waals surface area (Å²) < 4.78 is 1.63. The van der Waals surface area contributed by atoms with Crippen molar-refractivity contribution < 1.29 is 4.79 Å². The van der Waals surface area contributed by atoms with Gasteiger partial charge < -0.3 is 10.6 Å². The molecule has 1 fully saturated rings. The molecule has 0 unspecified atom stereocenters. The van der Waals surface area contributed by atoms with Crippen molar-refractivity contribution in [1.82, 2.24) is 15.0 Å². The summed E-state index contributed by atoms with van der Waals surface area (Å²) in [6, 6.07) is 8.12. The molecule has 6 heteroatoms. The zero-order chi connectivity index (χ0) is 14.1. The summed E-state index contributed by atoms with van der Waals surface area (Å²) in [7, 11) is 0. The number of rotatable bonds is 3. The Bertz CT molecular complexity index is 626. The van der Waals surface area contributed by atoms with E-state index < -0.39 is 5.91 Å². The number of hydrogen-bond donors (Lipinski definition) is 1. The number of nitrogens with zero attached hydrogens (tertiary/aromatic N) is 4. The van der Waals surface area contributed by atoms with Gasteiger partial charge >= 0.3 is 0 Å². The van der Waals surface area contributed by atoms with Gasteiger partial charge in [0.05, 0.1) is 11.4 Å². The number of amides is 1. The number of hydrogen-bond acceptors (Lipinski definition) is 4. The van der Waals surface area contributed by atoms with Crippen LogP contribution in [0, 0.1) is 6.92 Å². The van der Waals surface area contributed by atoms with E-state index in [1.54, 1.807) is 11.6 Å². The lowest BCUT2D eigenvalue weighted by Crippen LogP contribution is -2.17. The van der Waals surface area contributed by atoms with Crippen LogP contribution in [0.2, 0.25) is 0 Å². The molecule has 2 heterocycles. The van der Waals surface area contributed by atoms with Crippen LogP contribution in [0.4, 0.5) is 5.69 Å². The number of carbonyl (C=O) groups excluding carboxylic acids is 1. The Labute approximate surface area is 117 Å². The van der Waals surface area contributed by atoms with Crippen molar-refractivity contribution in [1.29, 1.82) is 0 Å². The second-order valence-corrected chi connectivity index (χ2v) is 5.01. The third-order valence-corrected chi connectivity index (χ3v) is 3.69. The van der Waals surface area contributed by atoms with Crippen LogP contribution in [0.3, 0.4) is 0 Å². The Kier molecular flexibility index (Phi) is 3.14.